The number of rotatable bonds is 5. The van der Waals surface area contributed by atoms with Crippen molar-refractivity contribution in [3.63, 3.8) is 0 Å². The summed E-state index contributed by atoms with van der Waals surface area (Å²) in [4.78, 5) is 17.8. The van der Waals surface area contributed by atoms with Crippen molar-refractivity contribution in [2.24, 2.45) is 0 Å². The van der Waals surface area contributed by atoms with Gasteiger partial charge in [0, 0.05) is 19.8 Å². The first-order valence-electron chi connectivity index (χ1n) is 7.04. The fourth-order valence-electron chi connectivity index (χ4n) is 1.74. The summed E-state index contributed by atoms with van der Waals surface area (Å²) in [5, 5.41) is 3.80. The molecule has 0 unspecified atom stereocenters. The number of halogens is 1. The lowest BCUT2D eigenvalue weighted by atomic mass is 10.2. The molecule has 118 valence electrons. The van der Waals surface area contributed by atoms with Crippen LogP contribution >= 0.6 is 11.6 Å². The smallest absolute Gasteiger partial charge is 0.410 e. The summed E-state index contributed by atoms with van der Waals surface area (Å²) in [6.07, 6.45) is 2.08. The number of aromatic nitrogens is 1. The Hall–Kier alpha value is -1.49. The summed E-state index contributed by atoms with van der Waals surface area (Å²) in [5.41, 5.74) is -0.491. The molecule has 0 aliphatic carbocycles. The average molecular weight is 314 g/mol. The van der Waals surface area contributed by atoms with Gasteiger partial charge >= 0.3 is 6.09 Å². The SMILES string of the molecule is CC[C@@H](CNc1ccc(Cl)cn1)N(C)C(=O)OC(C)(C)C. The van der Waals surface area contributed by atoms with Gasteiger partial charge in [-0.15, -0.1) is 0 Å². The van der Waals surface area contributed by atoms with Crippen LogP contribution in [0, 0.1) is 0 Å². The third-order valence-corrected chi connectivity index (χ3v) is 3.17. The van der Waals surface area contributed by atoms with Crippen molar-refractivity contribution >= 4 is 23.5 Å². The average Bonchev–Trinajstić information content (AvgIpc) is 2.39. The molecule has 6 heteroatoms. The van der Waals surface area contributed by atoms with E-state index >= 15 is 0 Å². The number of anilines is 1. The van der Waals surface area contributed by atoms with Gasteiger partial charge in [0.1, 0.15) is 11.4 Å². The third-order valence-electron chi connectivity index (χ3n) is 2.95. The van der Waals surface area contributed by atoms with Crippen molar-refractivity contribution < 1.29 is 9.53 Å². The van der Waals surface area contributed by atoms with E-state index in [4.69, 9.17) is 16.3 Å². The van der Waals surface area contributed by atoms with Crippen molar-refractivity contribution in [1.29, 1.82) is 0 Å². The van der Waals surface area contributed by atoms with E-state index in [0.29, 0.717) is 11.6 Å². The van der Waals surface area contributed by atoms with Gasteiger partial charge in [-0.1, -0.05) is 18.5 Å². The highest BCUT2D eigenvalue weighted by Gasteiger charge is 2.24. The number of nitrogens with one attached hydrogen (secondary N) is 1. The van der Waals surface area contributed by atoms with Crippen molar-refractivity contribution in [2.45, 2.75) is 45.8 Å². The Kier molecular flexibility index (Phi) is 6.27. The van der Waals surface area contributed by atoms with Crippen LogP contribution in [0.3, 0.4) is 0 Å². The number of ether oxygens (including phenoxy) is 1. The first-order valence-corrected chi connectivity index (χ1v) is 7.42. The Morgan fingerprint density at radius 1 is 1.48 bits per heavy atom. The van der Waals surface area contributed by atoms with E-state index < -0.39 is 5.60 Å². The number of carbonyl (C=O) groups excluding carboxylic acids is 1. The summed E-state index contributed by atoms with van der Waals surface area (Å²) in [7, 11) is 1.75. The molecule has 1 N–H and O–H groups in total. The molecule has 21 heavy (non-hydrogen) atoms. The highest BCUT2D eigenvalue weighted by molar-refractivity contribution is 6.30. The zero-order chi connectivity index (χ0) is 16.0. The van der Waals surface area contributed by atoms with Gasteiger partial charge in [0.2, 0.25) is 0 Å². The number of likely N-dealkylation sites (N-methyl/N-ethyl adjacent to an activating group) is 1. The van der Waals surface area contributed by atoms with E-state index in [-0.39, 0.29) is 12.1 Å². The van der Waals surface area contributed by atoms with Crippen LogP contribution in [-0.4, -0.2) is 41.2 Å². The lowest BCUT2D eigenvalue weighted by Gasteiger charge is -2.30. The highest BCUT2D eigenvalue weighted by atomic mass is 35.5. The van der Waals surface area contributed by atoms with Crippen molar-refractivity contribution in [3.05, 3.63) is 23.4 Å². The van der Waals surface area contributed by atoms with Crippen molar-refractivity contribution in [1.82, 2.24) is 9.88 Å². The van der Waals surface area contributed by atoms with E-state index in [9.17, 15) is 4.79 Å². The summed E-state index contributed by atoms with van der Waals surface area (Å²) in [6, 6.07) is 3.61. The van der Waals surface area contributed by atoms with E-state index in [2.05, 4.69) is 10.3 Å². The molecule has 0 fully saturated rings. The maximum atomic E-state index is 12.1. The lowest BCUT2D eigenvalue weighted by molar-refractivity contribution is 0.0228. The highest BCUT2D eigenvalue weighted by Crippen LogP contribution is 2.13. The first kappa shape index (κ1) is 17.6. The predicted octanol–water partition coefficient (Wildman–Crippen LogP) is 3.79. The fourth-order valence-corrected chi connectivity index (χ4v) is 1.85. The normalized spacial score (nSPS) is 12.7. The van der Waals surface area contributed by atoms with Crippen LogP contribution in [0.5, 0.6) is 0 Å². The minimum atomic E-state index is -0.491. The second-order valence-corrected chi connectivity index (χ2v) is 6.33. The molecule has 1 amide bonds. The molecule has 1 atom stereocenters. The molecule has 0 saturated carbocycles. The summed E-state index contributed by atoms with van der Waals surface area (Å²) in [6.45, 7) is 8.20. The Bertz CT molecular complexity index is 457. The number of carbonyl (C=O) groups is 1. The molecule has 5 nitrogen and oxygen atoms in total. The summed E-state index contributed by atoms with van der Waals surface area (Å²) < 4.78 is 5.38. The summed E-state index contributed by atoms with van der Waals surface area (Å²) in [5.74, 6) is 0.732. The fraction of sp³-hybridized carbons (Fsp3) is 0.600. The Morgan fingerprint density at radius 3 is 2.62 bits per heavy atom. The third kappa shape index (κ3) is 6.21. The molecule has 0 spiro atoms. The van der Waals surface area contributed by atoms with Gasteiger partial charge in [-0.05, 0) is 39.3 Å². The number of pyridine rings is 1. The van der Waals surface area contributed by atoms with Crippen LogP contribution < -0.4 is 5.32 Å². The van der Waals surface area contributed by atoms with Crippen LogP contribution in [0.15, 0.2) is 18.3 Å². The van der Waals surface area contributed by atoms with Crippen LogP contribution in [0.4, 0.5) is 10.6 Å². The van der Waals surface area contributed by atoms with Crippen molar-refractivity contribution in [3.8, 4) is 0 Å². The van der Waals surface area contributed by atoms with Crippen LogP contribution in [0.25, 0.3) is 0 Å². The van der Waals surface area contributed by atoms with Gasteiger partial charge in [0.15, 0.2) is 0 Å². The quantitative estimate of drug-likeness (QED) is 0.898. The van der Waals surface area contributed by atoms with Crippen LogP contribution in [-0.2, 0) is 4.74 Å². The molecular formula is C15H24ClN3O2. The molecule has 0 aliphatic rings. The zero-order valence-electron chi connectivity index (χ0n) is 13.3. The molecular weight excluding hydrogens is 290 g/mol. The molecule has 0 saturated heterocycles. The predicted molar refractivity (Wildman–Crippen MR) is 85.8 cm³/mol. The Labute approximate surface area is 131 Å². The second-order valence-electron chi connectivity index (χ2n) is 5.90. The molecule has 1 heterocycles. The second kappa shape index (κ2) is 7.50. The van der Waals surface area contributed by atoms with Gasteiger partial charge in [-0.2, -0.15) is 0 Å². The minimum absolute atomic E-state index is 0.0253. The van der Waals surface area contributed by atoms with Gasteiger partial charge in [-0.25, -0.2) is 9.78 Å². The van der Waals surface area contributed by atoms with Crippen LogP contribution in [0.2, 0.25) is 5.02 Å². The number of amides is 1. The summed E-state index contributed by atoms with van der Waals surface area (Å²) >= 11 is 5.80. The van der Waals surface area contributed by atoms with E-state index in [1.165, 1.54) is 0 Å². The molecule has 0 aromatic carbocycles. The van der Waals surface area contributed by atoms with Gasteiger partial charge in [0.25, 0.3) is 0 Å². The number of hydrogen-bond acceptors (Lipinski definition) is 4. The topological polar surface area (TPSA) is 54.5 Å². The first-order chi connectivity index (χ1) is 9.73. The number of hydrogen-bond donors (Lipinski definition) is 1. The monoisotopic (exact) mass is 313 g/mol. The van der Waals surface area contributed by atoms with E-state index in [0.717, 1.165) is 12.2 Å². The van der Waals surface area contributed by atoms with Crippen molar-refractivity contribution in [2.75, 3.05) is 18.9 Å². The van der Waals surface area contributed by atoms with Crippen LogP contribution in [0.1, 0.15) is 34.1 Å². The van der Waals surface area contributed by atoms with Gasteiger partial charge in [-0.3, -0.25) is 0 Å². The molecule has 1 aromatic rings. The van der Waals surface area contributed by atoms with E-state index in [1.807, 2.05) is 33.8 Å². The molecule has 1 rings (SSSR count). The molecule has 1 aromatic heterocycles. The largest absolute Gasteiger partial charge is 0.444 e. The lowest BCUT2D eigenvalue weighted by Crippen LogP contribution is -2.43. The zero-order valence-corrected chi connectivity index (χ0v) is 14.1. The van der Waals surface area contributed by atoms with E-state index in [1.54, 1.807) is 24.2 Å². The minimum Gasteiger partial charge on any atom is -0.444 e. The Morgan fingerprint density at radius 2 is 2.14 bits per heavy atom. The van der Waals surface area contributed by atoms with Gasteiger partial charge < -0.3 is 15.0 Å². The Balaban J connectivity index is 2.57. The van der Waals surface area contributed by atoms with Gasteiger partial charge in [0.05, 0.1) is 11.1 Å². The maximum Gasteiger partial charge on any atom is 0.410 e. The molecule has 0 bridgehead atoms. The molecule has 0 radical (unpaired) electrons. The number of nitrogens with zero attached hydrogens (tertiary/aromatic N) is 2. The molecule has 0 aliphatic heterocycles. The standard InChI is InChI=1S/C15H24ClN3O2/c1-6-12(19(5)14(20)21-15(2,3)4)10-18-13-8-7-11(16)9-17-13/h7-9,12H,6,10H2,1-5H3,(H,17,18)/t12-/m0/s1. The maximum absolute atomic E-state index is 12.1.